The van der Waals surface area contributed by atoms with Gasteiger partial charge in [-0.05, 0) is 25.5 Å². The fraction of sp³-hybridized carbons (Fsp3) is 0.444. The van der Waals surface area contributed by atoms with Gasteiger partial charge in [-0.2, -0.15) is 0 Å². The van der Waals surface area contributed by atoms with Crippen LogP contribution in [0.4, 0.5) is 5.82 Å². The van der Waals surface area contributed by atoms with E-state index in [1.165, 1.54) is 22.2 Å². The van der Waals surface area contributed by atoms with Gasteiger partial charge in [-0.15, -0.1) is 11.3 Å². The van der Waals surface area contributed by atoms with Crippen LogP contribution in [0.3, 0.4) is 0 Å². The van der Waals surface area contributed by atoms with E-state index in [1.54, 1.807) is 6.92 Å². The third-order valence-electron chi connectivity index (χ3n) is 4.54. The molecule has 9 heteroatoms. The van der Waals surface area contributed by atoms with Gasteiger partial charge in [-0.25, -0.2) is 9.97 Å². The van der Waals surface area contributed by atoms with Gasteiger partial charge >= 0.3 is 5.97 Å². The summed E-state index contributed by atoms with van der Waals surface area (Å²) < 4.78 is 12.1. The maximum Gasteiger partial charge on any atom is 0.326 e. The van der Waals surface area contributed by atoms with E-state index in [0.29, 0.717) is 23.4 Å². The Morgan fingerprint density at radius 3 is 2.89 bits per heavy atom. The average Bonchev–Trinajstić information content (AvgIpc) is 3.05. The van der Waals surface area contributed by atoms with Crippen LogP contribution < -0.4 is 10.5 Å². The quantitative estimate of drug-likeness (QED) is 0.629. The number of rotatable bonds is 4. The number of hydrogen-bond acceptors (Lipinski definition) is 8. The van der Waals surface area contributed by atoms with Gasteiger partial charge in [-0.3, -0.25) is 14.2 Å². The molecule has 0 aliphatic carbocycles. The highest BCUT2D eigenvalue weighted by molar-refractivity contribution is 7.25. The van der Waals surface area contributed by atoms with Gasteiger partial charge in [0, 0.05) is 18.5 Å². The smallest absolute Gasteiger partial charge is 0.326 e. The number of nitrogens with zero attached hydrogens (tertiary/aromatic N) is 4. The molecule has 0 aromatic carbocycles. The van der Waals surface area contributed by atoms with E-state index in [9.17, 15) is 9.59 Å². The van der Waals surface area contributed by atoms with Crippen LogP contribution in [0, 0.1) is 6.92 Å². The van der Waals surface area contributed by atoms with Gasteiger partial charge < -0.3 is 14.4 Å². The number of ether oxygens (including phenoxy) is 2. The van der Waals surface area contributed by atoms with Gasteiger partial charge in [0.2, 0.25) is 0 Å². The van der Waals surface area contributed by atoms with Gasteiger partial charge in [0.05, 0.1) is 31.7 Å². The molecular weight excluding hydrogens is 368 g/mol. The Morgan fingerprint density at radius 1 is 1.37 bits per heavy atom. The lowest BCUT2D eigenvalue weighted by atomic mass is 10.2. The zero-order valence-corrected chi connectivity index (χ0v) is 16.0. The van der Waals surface area contributed by atoms with E-state index in [1.807, 2.05) is 13.0 Å². The highest BCUT2D eigenvalue weighted by Crippen LogP contribution is 2.33. The van der Waals surface area contributed by atoms with Crippen molar-refractivity contribution in [2.45, 2.75) is 20.4 Å². The first-order valence-electron chi connectivity index (χ1n) is 8.86. The number of morpholine rings is 1. The molecule has 0 N–H and O–H groups in total. The molecule has 1 saturated heterocycles. The van der Waals surface area contributed by atoms with E-state index < -0.39 is 5.97 Å². The normalized spacial score (nSPS) is 14.8. The molecule has 142 valence electrons. The van der Waals surface area contributed by atoms with Gasteiger partial charge in [0.1, 0.15) is 21.9 Å². The average molecular weight is 388 g/mol. The van der Waals surface area contributed by atoms with Crippen molar-refractivity contribution in [3.8, 4) is 0 Å². The Kier molecular flexibility index (Phi) is 4.79. The predicted molar refractivity (Wildman–Crippen MR) is 104 cm³/mol. The lowest BCUT2D eigenvalue weighted by Crippen LogP contribution is -2.36. The number of esters is 1. The van der Waals surface area contributed by atoms with Crippen LogP contribution >= 0.6 is 11.3 Å². The first kappa shape index (κ1) is 17.9. The molecule has 0 atom stereocenters. The summed E-state index contributed by atoms with van der Waals surface area (Å²) in [6.07, 6.45) is 1.41. The molecule has 3 aromatic rings. The summed E-state index contributed by atoms with van der Waals surface area (Å²) >= 11 is 1.32. The fourth-order valence-corrected chi connectivity index (χ4v) is 4.39. The summed E-state index contributed by atoms with van der Waals surface area (Å²) in [6.45, 7) is 6.84. The van der Waals surface area contributed by atoms with Crippen molar-refractivity contribution in [2.24, 2.45) is 0 Å². The molecule has 0 radical (unpaired) electrons. The van der Waals surface area contributed by atoms with Crippen LogP contribution in [0.2, 0.25) is 0 Å². The highest BCUT2D eigenvalue weighted by atomic mass is 32.1. The van der Waals surface area contributed by atoms with Crippen molar-refractivity contribution in [3.63, 3.8) is 0 Å². The van der Waals surface area contributed by atoms with Gasteiger partial charge in [-0.1, -0.05) is 0 Å². The predicted octanol–water partition coefficient (Wildman–Crippen LogP) is 1.71. The Hall–Kier alpha value is -2.52. The number of aromatic nitrogens is 3. The lowest BCUT2D eigenvalue weighted by molar-refractivity contribution is -0.143. The second-order valence-corrected chi connectivity index (χ2v) is 7.34. The molecule has 1 aliphatic rings. The van der Waals surface area contributed by atoms with Crippen molar-refractivity contribution < 1.29 is 14.3 Å². The molecule has 0 unspecified atom stereocenters. The van der Waals surface area contributed by atoms with Crippen LogP contribution in [-0.2, 0) is 20.8 Å². The van der Waals surface area contributed by atoms with E-state index in [-0.39, 0.29) is 18.7 Å². The molecule has 0 bridgehead atoms. The van der Waals surface area contributed by atoms with E-state index in [4.69, 9.17) is 14.5 Å². The molecule has 27 heavy (non-hydrogen) atoms. The van der Waals surface area contributed by atoms with Crippen molar-refractivity contribution in [1.29, 1.82) is 0 Å². The number of aryl methyl sites for hydroxylation is 1. The minimum Gasteiger partial charge on any atom is -0.465 e. The number of thiophene rings is 1. The molecule has 3 aromatic heterocycles. The van der Waals surface area contributed by atoms with Crippen molar-refractivity contribution in [2.75, 3.05) is 37.8 Å². The van der Waals surface area contributed by atoms with Crippen molar-refractivity contribution >= 4 is 43.6 Å². The summed E-state index contributed by atoms with van der Waals surface area (Å²) in [5.74, 6) is 0.437. The summed E-state index contributed by atoms with van der Waals surface area (Å²) in [5.41, 5.74) is 1.42. The second-order valence-electron chi connectivity index (χ2n) is 6.34. The van der Waals surface area contributed by atoms with Gasteiger partial charge in [0.25, 0.3) is 5.56 Å². The Labute approximate surface area is 159 Å². The molecule has 0 spiro atoms. The first-order chi connectivity index (χ1) is 13.1. The van der Waals surface area contributed by atoms with Crippen LogP contribution in [0.5, 0.6) is 0 Å². The SMILES string of the molecule is CCOC(=O)Cn1cnc2c(sc3nc(N4CCOCC4)cc(C)c32)c1=O. The monoisotopic (exact) mass is 388 g/mol. The minimum atomic E-state index is -0.453. The maximum atomic E-state index is 12.8. The zero-order chi connectivity index (χ0) is 19.0. The first-order valence-corrected chi connectivity index (χ1v) is 9.67. The van der Waals surface area contributed by atoms with Crippen LogP contribution in [-0.4, -0.2) is 53.4 Å². The largest absolute Gasteiger partial charge is 0.465 e. The second kappa shape index (κ2) is 7.24. The maximum absolute atomic E-state index is 12.8. The standard InChI is InChI=1S/C18H20N4O4S/c1-3-26-13(23)9-22-10-19-15-14-11(2)8-12(21-4-6-25-7-5-21)20-17(14)27-16(15)18(22)24/h8,10H,3-7,9H2,1-2H3. The lowest BCUT2D eigenvalue weighted by Gasteiger charge is -2.28. The van der Waals surface area contributed by atoms with Crippen molar-refractivity contribution in [1.82, 2.24) is 14.5 Å². The molecule has 4 heterocycles. The summed E-state index contributed by atoms with van der Waals surface area (Å²) in [7, 11) is 0. The van der Waals surface area contributed by atoms with Crippen molar-refractivity contribution in [3.05, 3.63) is 28.3 Å². The van der Waals surface area contributed by atoms with Crippen LogP contribution in [0.1, 0.15) is 12.5 Å². The van der Waals surface area contributed by atoms with E-state index in [0.717, 1.165) is 34.7 Å². The molecule has 8 nitrogen and oxygen atoms in total. The van der Waals surface area contributed by atoms with Gasteiger partial charge in [0.15, 0.2) is 0 Å². The summed E-state index contributed by atoms with van der Waals surface area (Å²) in [4.78, 5) is 36.7. The molecule has 1 aliphatic heterocycles. The summed E-state index contributed by atoms with van der Waals surface area (Å²) in [5, 5.41) is 0.896. The third kappa shape index (κ3) is 3.28. The molecule has 0 amide bonds. The van der Waals surface area contributed by atoms with E-state index in [2.05, 4.69) is 9.88 Å². The number of fused-ring (bicyclic) bond motifs is 3. The Bertz CT molecular complexity index is 1070. The van der Waals surface area contributed by atoms with Crippen LogP contribution in [0.15, 0.2) is 17.2 Å². The fourth-order valence-electron chi connectivity index (χ4n) is 3.24. The zero-order valence-electron chi connectivity index (χ0n) is 15.2. The number of hydrogen-bond donors (Lipinski definition) is 0. The minimum absolute atomic E-state index is 0.144. The Morgan fingerprint density at radius 2 is 2.15 bits per heavy atom. The van der Waals surface area contributed by atoms with Crippen LogP contribution in [0.25, 0.3) is 20.4 Å². The number of pyridine rings is 1. The molecule has 1 fully saturated rings. The Balaban J connectivity index is 1.80. The molecular formula is C18H20N4O4S. The van der Waals surface area contributed by atoms with E-state index >= 15 is 0 Å². The molecule has 0 saturated carbocycles. The molecule has 4 rings (SSSR count). The third-order valence-corrected chi connectivity index (χ3v) is 5.60. The highest BCUT2D eigenvalue weighted by Gasteiger charge is 2.19. The number of anilines is 1. The number of carbonyl (C=O) groups excluding carboxylic acids is 1. The summed E-state index contributed by atoms with van der Waals surface area (Å²) in [6, 6.07) is 2.03. The number of carbonyl (C=O) groups is 1. The topological polar surface area (TPSA) is 86.6 Å².